The molecule has 202 valence electrons. The zero-order valence-corrected chi connectivity index (χ0v) is 21.6. The number of halogens is 1. The molecule has 0 bridgehead atoms. The summed E-state index contributed by atoms with van der Waals surface area (Å²) in [5.41, 5.74) is 2.61. The van der Waals surface area contributed by atoms with Gasteiger partial charge in [-0.2, -0.15) is 0 Å². The van der Waals surface area contributed by atoms with Crippen LogP contribution in [0.3, 0.4) is 0 Å². The summed E-state index contributed by atoms with van der Waals surface area (Å²) < 4.78 is 24.4. The molecule has 3 aromatic carbocycles. The molecule has 0 aliphatic carbocycles. The summed E-state index contributed by atoms with van der Waals surface area (Å²) >= 11 is 0. The minimum absolute atomic E-state index is 0.268. The van der Waals surface area contributed by atoms with Crippen LogP contribution in [0.5, 0.6) is 5.75 Å². The van der Waals surface area contributed by atoms with Crippen LogP contribution in [0.1, 0.15) is 30.9 Å². The first-order chi connectivity index (χ1) is 18.4. The Labute approximate surface area is 223 Å². The molecule has 0 aliphatic rings. The molecule has 0 radical (unpaired) electrons. The Morgan fingerprint density at radius 1 is 0.921 bits per heavy atom. The number of carboxylic acids is 1. The second-order valence-electron chi connectivity index (χ2n) is 8.85. The molecule has 2 amide bonds. The van der Waals surface area contributed by atoms with Gasteiger partial charge >= 0.3 is 12.0 Å². The van der Waals surface area contributed by atoms with Crippen molar-refractivity contribution in [3.8, 4) is 5.75 Å². The number of hydrogen-bond acceptors (Lipinski definition) is 4. The highest BCUT2D eigenvalue weighted by Crippen LogP contribution is 2.15. The van der Waals surface area contributed by atoms with Gasteiger partial charge < -0.3 is 24.8 Å². The minimum atomic E-state index is -0.991. The zero-order valence-electron chi connectivity index (χ0n) is 21.6. The Morgan fingerprint density at radius 3 is 2.29 bits per heavy atom. The van der Waals surface area contributed by atoms with Gasteiger partial charge in [-0.15, -0.1) is 0 Å². The number of aliphatic carboxylic acids is 1. The van der Waals surface area contributed by atoms with E-state index < -0.39 is 12.1 Å². The number of aryl methyl sites for hydroxylation is 1. The molecule has 0 saturated carbocycles. The number of nitrogens with zero attached hydrogens (tertiary/aromatic N) is 1. The van der Waals surface area contributed by atoms with Gasteiger partial charge in [0.2, 0.25) is 0 Å². The molecular weight excluding hydrogens is 487 g/mol. The molecule has 0 saturated heterocycles. The van der Waals surface area contributed by atoms with Gasteiger partial charge in [-0.3, -0.25) is 0 Å². The number of carbonyl (C=O) groups is 2. The van der Waals surface area contributed by atoms with Crippen molar-refractivity contribution in [1.82, 2.24) is 4.90 Å². The third kappa shape index (κ3) is 9.86. The Morgan fingerprint density at radius 2 is 1.63 bits per heavy atom. The fourth-order valence-electron chi connectivity index (χ4n) is 3.96. The van der Waals surface area contributed by atoms with Crippen LogP contribution in [0.25, 0.3) is 0 Å². The monoisotopic (exact) mass is 522 g/mol. The molecule has 1 unspecified atom stereocenters. The lowest BCUT2D eigenvalue weighted by Gasteiger charge is -2.23. The standard InChI is InChI=1S/C30H35FN2O5/c1-2-37-28(29(34)35)22-24-11-17-27(18-12-24)38-21-20-33(19-7-6-10-23-8-4-3-5-9-23)30(36)32-26-15-13-25(31)14-16-26/h3-5,8-9,11-18,28H,2,6-7,10,19-22H2,1H3,(H,32,36)(H,34,35). The summed E-state index contributed by atoms with van der Waals surface area (Å²) in [6.45, 7) is 3.29. The molecule has 8 heteroatoms. The molecule has 0 fully saturated rings. The van der Waals surface area contributed by atoms with Gasteiger partial charge in [0.05, 0.1) is 6.54 Å². The van der Waals surface area contributed by atoms with Gasteiger partial charge in [-0.25, -0.2) is 14.0 Å². The average Bonchev–Trinajstić information content (AvgIpc) is 2.92. The molecule has 0 aliphatic heterocycles. The molecule has 0 spiro atoms. The van der Waals surface area contributed by atoms with E-state index in [4.69, 9.17) is 9.47 Å². The summed E-state index contributed by atoms with van der Waals surface area (Å²) in [7, 11) is 0. The van der Waals surface area contributed by atoms with E-state index in [1.807, 2.05) is 30.3 Å². The van der Waals surface area contributed by atoms with Crippen molar-refractivity contribution in [3.05, 3.63) is 95.8 Å². The fourth-order valence-corrected chi connectivity index (χ4v) is 3.96. The normalized spacial score (nSPS) is 11.5. The summed E-state index contributed by atoms with van der Waals surface area (Å²) in [6.07, 6.45) is 2.07. The molecule has 7 nitrogen and oxygen atoms in total. The van der Waals surface area contributed by atoms with Crippen LogP contribution in [0.2, 0.25) is 0 Å². The zero-order chi connectivity index (χ0) is 27.2. The number of amides is 2. The van der Waals surface area contributed by atoms with E-state index in [1.54, 1.807) is 24.0 Å². The van der Waals surface area contributed by atoms with Gasteiger partial charge in [-0.1, -0.05) is 42.5 Å². The van der Waals surface area contributed by atoms with Crippen molar-refractivity contribution < 1.29 is 28.6 Å². The first kappa shape index (κ1) is 28.7. The number of carbonyl (C=O) groups excluding carboxylic acids is 1. The van der Waals surface area contributed by atoms with Gasteiger partial charge in [0.1, 0.15) is 18.2 Å². The Kier molecular flexibility index (Phi) is 11.6. The quantitative estimate of drug-likeness (QED) is 0.247. The van der Waals surface area contributed by atoms with Crippen molar-refractivity contribution >= 4 is 17.7 Å². The van der Waals surface area contributed by atoms with E-state index >= 15 is 0 Å². The molecule has 1 atom stereocenters. The van der Waals surface area contributed by atoms with Crippen LogP contribution in [0.15, 0.2) is 78.9 Å². The predicted octanol–water partition coefficient (Wildman–Crippen LogP) is 5.79. The topological polar surface area (TPSA) is 88.1 Å². The number of ether oxygens (including phenoxy) is 2. The number of unbranched alkanes of at least 4 members (excludes halogenated alkanes) is 1. The van der Waals surface area contributed by atoms with Crippen LogP contribution in [-0.2, 0) is 22.4 Å². The Hall–Kier alpha value is -3.91. The summed E-state index contributed by atoms with van der Waals surface area (Å²) in [6, 6.07) is 22.8. The first-order valence-corrected chi connectivity index (χ1v) is 12.9. The van der Waals surface area contributed by atoms with E-state index in [0.29, 0.717) is 31.1 Å². The third-order valence-electron chi connectivity index (χ3n) is 5.99. The highest BCUT2D eigenvalue weighted by molar-refractivity contribution is 5.89. The highest BCUT2D eigenvalue weighted by Gasteiger charge is 2.18. The maximum Gasteiger partial charge on any atom is 0.333 e. The van der Waals surface area contributed by atoms with Crippen LogP contribution in [0, 0.1) is 5.82 Å². The first-order valence-electron chi connectivity index (χ1n) is 12.9. The van der Waals surface area contributed by atoms with E-state index in [9.17, 15) is 19.1 Å². The van der Waals surface area contributed by atoms with Crippen molar-refractivity contribution in [1.29, 1.82) is 0 Å². The summed E-state index contributed by atoms with van der Waals surface area (Å²) in [5, 5.41) is 12.1. The van der Waals surface area contributed by atoms with Crippen molar-refractivity contribution in [3.63, 3.8) is 0 Å². The number of nitrogens with one attached hydrogen (secondary N) is 1. The molecule has 3 aromatic rings. The van der Waals surface area contributed by atoms with E-state index in [1.165, 1.54) is 29.8 Å². The number of rotatable bonds is 15. The van der Waals surface area contributed by atoms with Crippen molar-refractivity contribution in [2.75, 3.05) is 31.6 Å². The maximum atomic E-state index is 13.2. The third-order valence-corrected chi connectivity index (χ3v) is 5.99. The van der Waals surface area contributed by atoms with Gasteiger partial charge in [0, 0.05) is 25.3 Å². The van der Waals surface area contributed by atoms with Crippen LogP contribution in [-0.4, -0.2) is 54.4 Å². The van der Waals surface area contributed by atoms with Crippen LogP contribution < -0.4 is 10.1 Å². The van der Waals surface area contributed by atoms with Crippen molar-refractivity contribution in [2.24, 2.45) is 0 Å². The van der Waals surface area contributed by atoms with Gasteiger partial charge in [-0.05, 0) is 73.7 Å². The SMILES string of the molecule is CCOC(Cc1ccc(OCCN(CCCCc2ccccc2)C(=O)Nc2ccc(F)cc2)cc1)C(=O)O. The molecule has 0 aromatic heterocycles. The minimum Gasteiger partial charge on any atom is -0.492 e. The Balaban J connectivity index is 1.53. The van der Waals surface area contributed by atoms with E-state index in [-0.39, 0.29) is 24.9 Å². The number of benzene rings is 3. The lowest BCUT2D eigenvalue weighted by molar-refractivity contribution is -0.149. The number of anilines is 1. The summed E-state index contributed by atoms with van der Waals surface area (Å²) in [5.74, 6) is -0.730. The van der Waals surface area contributed by atoms with Crippen LogP contribution in [0.4, 0.5) is 14.9 Å². The fraction of sp³-hybridized carbons (Fsp3) is 0.333. The van der Waals surface area contributed by atoms with E-state index in [0.717, 1.165) is 24.8 Å². The predicted molar refractivity (Wildman–Crippen MR) is 145 cm³/mol. The Bertz CT molecular complexity index is 1120. The lowest BCUT2D eigenvalue weighted by atomic mass is 10.1. The smallest absolute Gasteiger partial charge is 0.333 e. The summed E-state index contributed by atoms with van der Waals surface area (Å²) in [4.78, 5) is 26.0. The lowest BCUT2D eigenvalue weighted by Crippen LogP contribution is -2.38. The van der Waals surface area contributed by atoms with E-state index in [2.05, 4.69) is 17.4 Å². The highest BCUT2D eigenvalue weighted by atomic mass is 19.1. The van der Waals surface area contributed by atoms with Crippen molar-refractivity contribution in [2.45, 2.75) is 38.7 Å². The molecule has 3 rings (SSSR count). The molecule has 0 heterocycles. The second-order valence-corrected chi connectivity index (χ2v) is 8.85. The molecule has 38 heavy (non-hydrogen) atoms. The van der Waals surface area contributed by atoms with Crippen LogP contribution >= 0.6 is 0 Å². The number of carboxylic acid groups (broad SMARTS) is 1. The molecule has 2 N–H and O–H groups in total. The number of urea groups is 1. The largest absolute Gasteiger partial charge is 0.492 e. The van der Waals surface area contributed by atoms with Gasteiger partial charge in [0.15, 0.2) is 6.10 Å². The second kappa shape index (κ2) is 15.4. The number of hydrogen-bond donors (Lipinski definition) is 2. The van der Waals surface area contributed by atoms with Gasteiger partial charge in [0.25, 0.3) is 0 Å². The average molecular weight is 523 g/mol. The maximum absolute atomic E-state index is 13.2. The molecular formula is C30H35FN2O5.